The van der Waals surface area contributed by atoms with Crippen molar-refractivity contribution in [2.75, 3.05) is 6.61 Å². The first-order chi connectivity index (χ1) is 7.74. The Bertz CT molecular complexity index is 270. The zero-order valence-electron chi connectivity index (χ0n) is 9.09. The second-order valence-corrected chi connectivity index (χ2v) is 4.41. The second-order valence-electron chi connectivity index (χ2n) is 4.41. The number of rotatable bonds is 4. The molecular formula is C10H17N3O3. The van der Waals surface area contributed by atoms with Gasteiger partial charge in [-0.1, -0.05) is 0 Å². The molecule has 0 aromatic heterocycles. The van der Waals surface area contributed by atoms with Crippen molar-refractivity contribution >= 4 is 12.3 Å². The highest BCUT2D eigenvalue weighted by molar-refractivity contribution is 5.76. The predicted octanol–water partition coefficient (Wildman–Crippen LogP) is -0.855. The Morgan fingerprint density at radius 1 is 1.44 bits per heavy atom. The molecule has 0 aromatic rings. The number of ether oxygens (including phenoxy) is 1. The van der Waals surface area contributed by atoms with Gasteiger partial charge in [-0.3, -0.25) is 15.0 Å². The summed E-state index contributed by atoms with van der Waals surface area (Å²) in [6.07, 6.45) is 4.76. The Hall–Kier alpha value is -1.14. The van der Waals surface area contributed by atoms with Gasteiger partial charge < -0.3 is 9.64 Å². The lowest BCUT2D eigenvalue weighted by molar-refractivity contribution is -0.133. The van der Waals surface area contributed by atoms with E-state index in [9.17, 15) is 9.59 Å². The molecule has 2 fully saturated rings. The van der Waals surface area contributed by atoms with Crippen molar-refractivity contribution in [3.05, 3.63) is 0 Å². The number of nitrogens with zero attached hydrogens (tertiary/aromatic N) is 1. The molecule has 16 heavy (non-hydrogen) atoms. The largest absolute Gasteiger partial charge is 0.368 e. The summed E-state index contributed by atoms with van der Waals surface area (Å²) >= 11 is 0. The first-order valence-corrected chi connectivity index (χ1v) is 5.58. The van der Waals surface area contributed by atoms with Gasteiger partial charge in [0.1, 0.15) is 6.61 Å². The molecule has 6 nitrogen and oxygen atoms in total. The van der Waals surface area contributed by atoms with Crippen molar-refractivity contribution < 1.29 is 14.3 Å². The van der Waals surface area contributed by atoms with Gasteiger partial charge in [0, 0.05) is 12.1 Å². The van der Waals surface area contributed by atoms with Crippen LogP contribution in [0.5, 0.6) is 0 Å². The molecule has 2 aliphatic rings. The van der Waals surface area contributed by atoms with E-state index in [4.69, 9.17) is 10.6 Å². The number of fused-ring (bicyclic) bond motifs is 2. The molecular weight excluding hydrogens is 210 g/mol. The minimum absolute atomic E-state index is 0.00168. The number of hydrazine groups is 1. The standard InChI is InChI=1S/C10H17N3O3/c11-12-10(15)5-16-9-3-7-1-2-8(4-9)13(7)6-14/h6-9H,1-5,11H2,(H,12,15)/t7-,8+,9?. The molecule has 3 N–H and O–H groups in total. The first kappa shape index (κ1) is 11.3. The van der Waals surface area contributed by atoms with E-state index in [1.54, 1.807) is 0 Å². The topological polar surface area (TPSA) is 84.7 Å². The van der Waals surface area contributed by atoms with Crippen molar-refractivity contribution in [2.45, 2.75) is 43.9 Å². The Balaban J connectivity index is 1.83. The highest BCUT2D eigenvalue weighted by Gasteiger charge is 2.40. The lowest BCUT2D eigenvalue weighted by Gasteiger charge is -2.36. The third-order valence-electron chi connectivity index (χ3n) is 3.48. The third kappa shape index (κ3) is 2.17. The van der Waals surface area contributed by atoms with Crippen molar-refractivity contribution in [3.8, 4) is 0 Å². The number of amides is 2. The van der Waals surface area contributed by atoms with Crippen LogP contribution in [0.25, 0.3) is 0 Å². The molecule has 2 aliphatic heterocycles. The Kier molecular flexibility index (Phi) is 3.40. The summed E-state index contributed by atoms with van der Waals surface area (Å²) in [7, 11) is 0. The number of hydrogen-bond acceptors (Lipinski definition) is 4. The number of hydrogen-bond donors (Lipinski definition) is 2. The van der Waals surface area contributed by atoms with Crippen molar-refractivity contribution in [2.24, 2.45) is 5.84 Å². The average molecular weight is 227 g/mol. The third-order valence-corrected chi connectivity index (χ3v) is 3.48. The van der Waals surface area contributed by atoms with Gasteiger partial charge in [-0.25, -0.2) is 5.84 Å². The van der Waals surface area contributed by atoms with Crippen molar-refractivity contribution in [1.29, 1.82) is 0 Å². The van der Waals surface area contributed by atoms with Crippen LogP contribution < -0.4 is 11.3 Å². The minimum Gasteiger partial charge on any atom is -0.368 e. The maximum absolute atomic E-state index is 10.9. The highest BCUT2D eigenvalue weighted by atomic mass is 16.5. The Labute approximate surface area is 94.1 Å². The smallest absolute Gasteiger partial charge is 0.259 e. The van der Waals surface area contributed by atoms with Crippen LogP contribution in [0.4, 0.5) is 0 Å². The highest BCUT2D eigenvalue weighted by Crippen LogP contribution is 2.35. The van der Waals surface area contributed by atoms with Crippen LogP contribution in [-0.4, -0.2) is 42.0 Å². The summed E-state index contributed by atoms with van der Waals surface area (Å²) in [5.41, 5.74) is 2.03. The van der Waals surface area contributed by atoms with Crippen LogP contribution >= 0.6 is 0 Å². The summed E-state index contributed by atoms with van der Waals surface area (Å²) in [6.45, 7) is 0.00168. The fraction of sp³-hybridized carbons (Fsp3) is 0.800. The molecule has 2 saturated heterocycles. The van der Waals surface area contributed by atoms with E-state index in [1.165, 1.54) is 0 Å². The minimum atomic E-state index is -0.315. The zero-order valence-corrected chi connectivity index (χ0v) is 9.09. The lowest BCUT2D eigenvalue weighted by atomic mass is 10.0. The van der Waals surface area contributed by atoms with E-state index >= 15 is 0 Å². The van der Waals surface area contributed by atoms with E-state index in [1.807, 2.05) is 10.3 Å². The molecule has 1 unspecified atom stereocenters. The molecule has 3 atom stereocenters. The number of nitrogens with two attached hydrogens (primary N) is 1. The number of carbonyl (C=O) groups excluding carboxylic acids is 2. The predicted molar refractivity (Wildman–Crippen MR) is 56.0 cm³/mol. The summed E-state index contributed by atoms with van der Waals surface area (Å²) < 4.78 is 5.47. The summed E-state index contributed by atoms with van der Waals surface area (Å²) in [6, 6.07) is 0.587. The lowest BCUT2D eigenvalue weighted by Crippen LogP contribution is -2.45. The fourth-order valence-corrected chi connectivity index (χ4v) is 2.71. The average Bonchev–Trinajstić information content (AvgIpc) is 2.55. The molecule has 2 rings (SSSR count). The first-order valence-electron chi connectivity index (χ1n) is 5.58. The molecule has 90 valence electrons. The van der Waals surface area contributed by atoms with Crippen LogP contribution in [-0.2, 0) is 14.3 Å². The molecule has 6 heteroatoms. The number of nitrogens with one attached hydrogen (secondary N) is 1. The van der Waals surface area contributed by atoms with Gasteiger partial charge in [0.2, 0.25) is 6.41 Å². The van der Waals surface area contributed by atoms with Crippen LogP contribution in [0.3, 0.4) is 0 Å². The van der Waals surface area contributed by atoms with Crippen molar-refractivity contribution in [3.63, 3.8) is 0 Å². The maximum atomic E-state index is 10.9. The molecule has 0 aromatic carbocycles. The summed E-state index contributed by atoms with van der Waals surface area (Å²) in [4.78, 5) is 23.7. The van der Waals surface area contributed by atoms with E-state index in [2.05, 4.69) is 0 Å². The Morgan fingerprint density at radius 2 is 2.06 bits per heavy atom. The van der Waals surface area contributed by atoms with Gasteiger partial charge in [0.25, 0.3) is 5.91 Å². The molecule has 0 spiro atoms. The van der Waals surface area contributed by atoms with Crippen LogP contribution in [0.15, 0.2) is 0 Å². The van der Waals surface area contributed by atoms with Crippen LogP contribution in [0.1, 0.15) is 25.7 Å². The van der Waals surface area contributed by atoms with Gasteiger partial charge in [0.15, 0.2) is 0 Å². The summed E-state index contributed by atoms with van der Waals surface area (Å²) in [5.74, 6) is 4.65. The van der Waals surface area contributed by atoms with Crippen LogP contribution in [0, 0.1) is 0 Å². The van der Waals surface area contributed by atoms with E-state index in [0.29, 0.717) is 12.1 Å². The fourth-order valence-electron chi connectivity index (χ4n) is 2.71. The monoisotopic (exact) mass is 227 g/mol. The van der Waals surface area contributed by atoms with Gasteiger partial charge in [-0.05, 0) is 25.7 Å². The maximum Gasteiger partial charge on any atom is 0.259 e. The molecule has 2 heterocycles. The number of piperidine rings is 1. The zero-order chi connectivity index (χ0) is 11.5. The van der Waals surface area contributed by atoms with Crippen molar-refractivity contribution in [1.82, 2.24) is 10.3 Å². The van der Waals surface area contributed by atoms with Gasteiger partial charge in [-0.15, -0.1) is 0 Å². The van der Waals surface area contributed by atoms with Crippen LogP contribution in [0.2, 0.25) is 0 Å². The van der Waals surface area contributed by atoms with Gasteiger partial charge >= 0.3 is 0 Å². The van der Waals surface area contributed by atoms with Gasteiger partial charge in [-0.2, -0.15) is 0 Å². The number of carbonyl (C=O) groups is 2. The normalized spacial score (nSPS) is 32.6. The molecule has 0 aliphatic carbocycles. The summed E-state index contributed by atoms with van der Waals surface area (Å²) in [5, 5.41) is 0. The molecule has 2 bridgehead atoms. The second kappa shape index (κ2) is 4.80. The van der Waals surface area contributed by atoms with E-state index in [-0.39, 0.29) is 18.6 Å². The Morgan fingerprint density at radius 3 is 2.56 bits per heavy atom. The van der Waals surface area contributed by atoms with E-state index < -0.39 is 0 Å². The van der Waals surface area contributed by atoms with Gasteiger partial charge in [0.05, 0.1) is 6.10 Å². The molecule has 0 saturated carbocycles. The SMILES string of the molecule is NNC(=O)COC1C[C@H]2CC[C@@H](C1)N2C=O. The quantitative estimate of drug-likeness (QED) is 0.283. The molecule has 0 radical (unpaired) electrons. The molecule has 2 amide bonds. The van der Waals surface area contributed by atoms with E-state index in [0.717, 1.165) is 32.1 Å².